The fourth-order valence-electron chi connectivity index (χ4n) is 2.02. The first-order valence-electron chi connectivity index (χ1n) is 4.68. The number of rotatable bonds is 0. The van der Waals surface area contributed by atoms with Crippen LogP contribution in [0.1, 0.15) is 0 Å². The smallest absolute Gasteiger partial charge is 0.349 e. The Morgan fingerprint density at radius 2 is 2.27 bits per heavy atom. The monoisotopic (exact) mass is 202 g/mol. The number of allylic oxidation sites excluding steroid dienone is 4. The lowest BCUT2D eigenvalue weighted by molar-refractivity contribution is 0.0641. The highest BCUT2D eigenvalue weighted by atomic mass is 16.2. The third kappa shape index (κ3) is 0.999. The Kier molecular flexibility index (Phi) is 1.45. The molecule has 15 heavy (non-hydrogen) atoms. The van der Waals surface area contributed by atoms with Gasteiger partial charge in [0.2, 0.25) is 0 Å². The van der Waals surface area contributed by atoms with Crippen LogP contribution in [0.3, 0.4) is 0 Å². The summed E-state index contributed by atoms with van der Waals surface area (Å²) in [5, 5.41) is 3.10. The van der Waals surface area contributed by atoms with Crippen LogP contribution in [0.25, 0.3) is 0 Å². The number of hydrogen-bond acceptors (Lipinski definition) is 3. The zero-order valence-corrected chi connectivity index (χ0v) is 7.92. The van der Waals surface area contributed by atoms with Gasteiger partial charge in [0.15, 0.2) is 0 Å². The fourth-order valence-corrected chi connectivity index (χ4v) is 2.02. The van der Waals surface area contributed by atoms with Crippen LogP contribution in [-0.2, 0) is 0 Å². The van der Waals surface area contributed by atoms with Crippen LogP contribution in [-0.4, -0.2) is 22.2 Å². The molecule has 0 aromatic carbocycles. The van der Waals surface area contributed by atoms with Gasteiger partial charge in [-0.05, 0) is 17.7 Å². The van der Waals surface area contributed by atoms with Gasteiger partial charge in [0.25, 0.3) is 0 Å². The molecule has 5 nitrogen and oxygen atoms in total. The van der Waals surface area contributed by atoms with Gasteiger partial charge in [-0.25, -0.2) is 4.79 Å². The van der Waals surface area contributed by atoms with E-state index in [0.717, 1.165) is 11.3 Å². The van der Waals surface area contributed by atoms with Gasteiger partial charge in [-0.1, -0.05) is 18.2 Å². The number of nitrogens with one attached hydrogen (secondary N) is 1. The van der Waals surface area contributed by atoms with Crippen LogP contribution in [0.2, 0.25) is 0 Å². The molecule has 1 saturated heterocycles. The van der Waals surface area contributed by atoms with Gasteiger partial charge < -0.3 is 5.73 Å². The molecule has 0 spiro atoms. The Hall–Kier alpha value is -2.17. The average Bonchev–Trinajstić information content (AvgIpc) is 2.61. The molecule has 2 aliphatic heterocycles. The maximum Gasteiger partial charge on any atom is 0.353 e. The van der Waals surface area contributed by atoms with E-state index in [4.69, 9.17) is 5.73 Å². The Morgan fingerprint density at radius 1 is 1.40 bits per heavy atom. The molecule has 0 bridgehead atoms. The number of hydrazine groups is 2. The standard InChI is InChI=1S/C10H10N4O/c11-10(15)14-12-8-5-1-3-7-4-2-6-13(14)9(7)8/h1-6,9,12H,(H2,11,15). The van der Waals surface area contributed by atoms with E-state index >= 15 is 0 Å². The molecule has 1 unspecified atom stereocenters. The normalized spacial score (nSPS) is 25.7. The first kappa shape index (κ1) is 8.16. The number of primary amides is 1. The van der Waals surface area contributed by atoms with E-state index < -0.39 is 6.03 Å². The Balaban J connectivity index is 2.06. The van der Waals surface area contributed by atoms with Crippen molar-refractivity contribution < 1.29 is 4.79 Å². The van der Waals surface area contributed by atoms with Crippen molar-refractivity contribution >= 4 is 6.03 Å². The molecule has 5 heteroatoms. The molecule has 3 N–H and O–H groups in total. The minimum atomic E-state index is -0.517. The summed E-state index contributed by atoms with van der Waals surface area (Å²) in [6.07, 6.45) is 11.7. The number of carbonyl (C=O) groups excluding carboxylic acids is 1. The van der Waals surface area contributed by atoms with Gasteiger partial charge in [0, 0.05) is 6.20 Å². The Bertz CT molecular complexity index is 446. The quantitative estimate of drug-likeness (QED) is 0.597. The molecule has 2 amide bonds. The highest BCUT2D eigenvalue weighted by Gasteiger charge is 2.39. The predicted molar refractivity (Wildman–Crippen MR) is 54.6 cm³/mol. The maximum atomic E-state index is 11.2. The lowest BCUT2D eigenvalue weighted by Crippen LogP contribution is -2.48. The van der Waals surface area contributed by atoms with E-state index in [9.17, 15) is 4.79 Å². The zero-order chi connectivity index (χ0) is 10.4. The van der Waals surface area contributed by atoms with E-state index in [1.54, 1.807) is 5.01 Å². The van der Waals surface area contributed by atoms with Crippen LogP contribution >= 0.6 is 0 Å². The number of urea groups is 1. The summed E-state index contributed by atoms with van der Waals surface area (Å²) >= 11 is 0. The number of carbonyl (C=O) groups is 1. The van der Waals surface area contributed by atoms with Crippen LogP contribution in [0, 0.1) is 0 Å². The molecule has 1 aliphatic carbocycles. The van der Waals surface area contributed by atoms with E-state index in [1.807, 2.05) is 36.6 Å². The van der Waals surface area contributed by atoms with E-state index in [0.29, 0.717) is 0 Å². The zero-order valence-electron chi connectivity index (χ0n) is 7.92. The molecule has 0 aromatic heterocycles. The van der Waals surface area contributed by atoms with Crippen LogP contribution in [0.4, 0.5) is 4.79 Å². The summed E-state index contributed by atoms with van der Waals surface area (Å²) in [6, 6.07) is -0.455. The summed E-state index contributed by atoms with van der Waals surface area (Å²) in [5.74, 6) is 0. The molecule has 3 rings (SSSR count). The summed E-state index contributed by atoms with van der Waals surface area (Å²) < 4.78 is 0. The van der Waals surface area contributed by atoms with Gasteiger partial charge >= 0.3 is 6.03 Å². The first-order chi connectivity index (χ1) is 7.27. The molecular formula is C10H10N4O. The largest absolute Gasteiger partial charge is 0.353 e. The second-order valence-corrected chi connectivity index (χ2v) is 3.53. The summed E-state index contributed by atoms with van der Waals surface area (Å²) in [5.41, 5.74) is 10.3. The molecule has 1 atom stereocenters. The SMILES string of the molecule is NC(=O)N1NC2=CC=CC3=CC=CN1C32. The minimum absolute atomic E-state index is 0.0625. The van der Waals surface area contributed by atoms with Crippen molar-refractivity contribution in [3.8, 4) is 0 Å². The van der Waals surface area contributed by atoms with Gasteiger partial charge in [0.1, 0.15) is 6.04 Å². The molecule has 2 heterocycles. The van der Waals surface area contributed by atoms with Crippen molar-refractivity contribution in [3.63, 3.8) is 0 Å². The van der Waals surface area contributed by atoms with Crippen LogP contribution < -0.4 is 11.2 Å². The Labute approximate surface area is 86.8 Å². The van der Waals surface area contributed by atoms with Crippen molar-refractivity contribution in [1.82, 2.24) is 15.6 Å². The van der Waals surface area contributed by atoms with Gasteiger partial charge in [-0.3, -0.25) is 10.4 Å². The molecular weight excluding hydrogens is 192 g/mol. The van der Waals surface area contributed by atoms with Crippen LogP contribution in [0.5, 0.6) is 0 Å². The number of nitrogens with zero attached hydrogens (tertiary/aromatic N) is 2. The first-order valence-corrected chi connectivity index (χ1v) is 4.68. The third-order valence-corrected chi connectivity index (χ3v) is 2.64. The average molecular weight is 202 g/mol. The molecule has 76 valence electrons. The van der Waals surface area contributed by atoms with Crippen molar-refractivity contribution in [2.45, 2.75) is 6.04 Å². The predicted octanol–water partition coefficient (Wildman–Crippen LogP) is 0.378. The topological polar surface area (TPSA) is 61.6 Å². The number of hydrogen-bond donors (Lipinski definition) is 2. The van der Waals surface area contributed by atoms with Crippen molar-refractivity contribution in [3.05, 3.63) is 47.9 Å². The van der Waals surface area contributed by atoms with Gasteiger partial charge in [-0.15, -0.1) is 5.12 Å². The summed E-state index contributed by atoms with van der Waals surface area (Å²) in [4.78, 5) is 11.2. The lowest BCUT2D eigenvalue weighted by atomic mass is 9.97. The molecule has 0 saturated carbocycles. The lowest BCUT2D eigenvalue weighted by Gasteiger charge is -2.30. The highest BCUT2D eigenvalue weighted by Crippen LogP contribution is 2.31. The highest BCUT2D eigenvalue weighted by molar-refractivity contribution is 5.72. The van der Waals surface area contributed by atoms with E-state index in [-0.39, 0.29) is 6.04 Å². The second-order valence-electron chi connectivity index (χ2n) is 3.53. The fraction of sp³-hybridized carbons (Fsp3) is 0.100. The number of nitrogens with two attached hydrogens (primary N) is 1. The molecule has 3 aliphatic rings. The Morgan fingerprint density at radius 3 is 3.07 bits per heavy atom. The maximum absolute atomic E-state index is 11.2. The third-order valence-electron chi connectivity index (χ3n) is 2.64. The van der Waals surface area contributed by atoms with E-state index in [1.165, 1.54) is 5.12 Å². The van der Waals surface area contributed by atoms with E-state index in [2.05, 4.69) is 5.43 Å². The number of amides is 2. The van der Waals surface area contributed by atoms with Gasteiger partial charge in [0.05, 0.1) is 5.70 Å². The van der Waals surface area contributed by atoms with Crippen molar-refractivity contribution in [2.75, 3.05) is 0 Å². The summed E-state index contributed by atoms with van der Waals surface area (Å²) in [6.45, 7) is 0. The van der Waals surface area contributed by atoms with Crippen molar-refractivity contribution in [1.29, 1.82) is 0 Å². The molecule has 1 fully saturated rings. The molecule has 0 aromatic rings. The van der Waals surface area contributed by atoms with Gasteiger partial charge in [-0.2, -0.15) is 0 Å². The second kappa shape index (κ2) is 2.66. The van der Waals surface area contributed by atoms with Crippen LogP contribution in [0.15, 0.2) is 47.9 Å². The minimum Gasteiger partial charge on any atom is -0.349 e. The van der Waals surface area contributed by atoms with Crippen molar-refractivity contribution in [2.24, 2.45) is 5.73 Å². The summed E-state index contributed by atoms with van der Waals surface area (Å²) in [7, 11) is 0. The molecule has 0 radical (unpaired) electrons.